The molecule has 1 aliphatic rings. The maximum atomic E-state index is 12.9. The summed E-state index contributed by atoms with van der Waals surface area (Å²) < 4.78 is 43.7. The quantitative estimate of drug-likeness (QED) is 0.543. The first kappa shape index (κ1) is 19.6. The Bertz CT molecular complexity index is 666. The number of halogens is 3. The van der Waals surface area contributed by atoms with Crippen LogP contribution in [0, 0.1) is 0 Å². The SMILES string of the molecule is CC1(Sc2cccc(C(F)(F)F)c2)CCOC(/C(=C/C(N)=O)NO)C1. The number of benzene rings is 1. The van der Waals surface area contributed by atoms with Crippen molar-refractivity contribution in [3.63, 3.8) is 0 Å². The van der Waals surface area contributed by atoms with Crippen LogP contribution < -0.4 is 11.2 Å². The predicted molar refractivity (Wildman–Crippen MR) is 86.9 cm³/mol. The van der Waals surface area contributed by atoms with Crippen molar-refractivity contribution in [1.29, 1.82) is 0 Å². The number of nitrogens with two attached hydrogens (primary N) is 1. The molecule has 1 heterocycles. The van der Waals surface area contributed by atoms with Crippen LogP contribution in [0.1, 0.15) is 25.3 Å². The Morgan fingerprint density at radius 3 is 2.84 bits per heavy atom. The number of amides is 1. The monoisotopic (exact) mass is 376 g/mol. The second-order valence-electron chi connectivity index (χ2n) is 6.00. The molecule has 1 fully saturated rings. The lowest BCUT2D eigenvalue weighted by atomic mass is 9.94. The number of carbonyl (C=O) groups excluding carboxylic acids is 1. The van der Waals surface area contributed by atoms with Gasteiger partial charge in [-0.2, -0.15) is 13.2 Å². The maximum Gasteiger partial charge on any atom is 0.416 e. The molecular formula is C16H19F3N2O3S. The summed E-state index contributed by atoms with van der Waals surface area (Å²) in [7, 11) is 0. The molecule has 1 aliphatic heterocycles. The van der Waals surface area contributed by atoms with Crippen LogP contribution in [-0.2, 0) is 15.7 Å². The lowest BCUT2D eigenvalue weighted by molar-refractivity contribution is -0.137. The third kappa shape index (κ3) is 5.38. The van der Waals surface area contributed by atoms with Crippen LogP contribution in [0.25, 0.3) is 0 Å². The highest BCUT2D eigenvalue weighted by atomic mass is 32.2. The van der Waals surface area contributed by atoms with Crippen LogP contribution >= 0.6 is 11.8 Å². The molecule has 1 aromatic rings. The Labute approximate surface area is 147 Å². The van der Waals surface area contributed by atoms with Gasteiger partial charge in [-0.1, -0.05) is 6.07 Å². The van der Waals surface area contributed by atoms with Gasteiger partial charge in [-0.05, 0) is 38.0 Å². The maximum absolute atomic E-state index is 12.9. The molecule has 1 aromatic carbocycles. The number of carbonyl (C=O) groups is 1. The summed E-state index contributed by atoms with van der Waals surface area (Å²) in [6, 6.07) is 5.15. The number of ether oxygens (including phenoxy) is 1. The van der Waals surface area contributed by atoms with Crippen molar-refractivity contribution in [2.45, 2.75) is 41.7 Å². The van der Waals surface area contributed by atoms with Crippen LogP contribution in [0.4, 0.5) is 13.2 Å². The fraction of sp³-hybridized carbons (Fsp3) is 0.438. The predicted octanol–water partition coefficient (Wildman–Crippen LogP) is 3.08. The highest BCUT2D eigenvalue weighted by Crippen LogP contribution is 2.44. The van der Waals surface area contributed by atoms with Crippen molar-refractivity contribution in [3.8, 4) is 0 Å². The molecule has 0 spiro atoms. The minimum Gasteiger partial charge on any atom is -0.372 e. The zero-order valence-corrected chi connectivity index (χ0v) is 14.3. The van der Waals surface area contributed by atoms with Crippen LogP contribution in [0.15, 0.2) is 40.9 Å². The first-order valence-electron chi connectivity index (χ1n) is 7.52. The van der Waals surface area contributed by atoms with E-state index in [0.717, 1.165) is 18.2 Å². The first-order valence-corrected chi connectivity index (χ1v) is 8.34. The van der Waals surface area contributed by atoms with Gasteiger partial charge in [0.05, 0.1) is 11.3 Å². The lowest BCUT2D eigenvalue weighted by Gasteiger charge is -2.38. The summed E-state index contributed by atoms with van der Waals surface area (Å²) in [5, 5.41) is 9.18. The van der Waals surface area contributed by atoms with Gasteiger partial charge >= 0.3 is 6.18 Å². The molecule has 1 amide bonds. The Balaban J connectivity index is 2.17. The number of primary amides is 1. The molecule has 5 nitrogen and oxygen atoms in total. The van der Waals surface area contributed by atoms with E-state index < -0.39 is 28.5 Å². The topological polar surface area (TPSA) is 84.6 Å². The number of hydrogen-bond donors (Lipinski definition) is 3. The summed E-state index contributed by atoms with van der Waals surface area (Å²) in [5.41, 5.74) is 6.43. The van der Waals surface area contributed by atoms with Crippen LogP contribution in [-0.4, -0.2) is 28.6 Å². The van der Waals surface area contributed by atoms with Crippen LogP contribution in [0.2, 0.25) is 0 Å². The summed E-state index contributed by atoms with van der Waals surface area (Å²) in [4.78, 5) is 11.5. The summed E-state index contributed by atoms with van der Waals surface area (Å²) in [5.74, 6) is -0.738. The van der Waals surface area contributed by atoms with E-state index in [4.69, 9.17) is 10.5 Å². The molecule has 0 saturated carbocycles. The van der Waals surface area contributed by atoms with Crippen molar-refractivity contribution in [3.05, 3.63) is 41.6 Å². The van der Waals surface area contributed by atoms with E-state index in [1.165, 1.54) is 17.8 Å². The minimum absolute atomic E-state index is 0.128. The smallest absolute Gasteiger partial charge is 0.372 e. The van der Waals surface area contributed by atoms with Crippen molar-refractivity contribution in [2.75, 3.05) is 6.61 Å². The van der Waals surface area contributed by atoms with Crippen LogP contribution in [0.3, 0.4) is 0 Å². The van der Waals surface area contributed by atoms with Gasteiger partial charge in [-0.25, -0.2) is 0 Å². The molecule has 4 N–H and O–H groups in total. The summed E-state index contributed by atoms with van der Waals surface area (Å²) in [6.07, 6.45) is -2.96. The highest BCUT2D eigenvalue weighted by molar-refractivity contribution is 8.00. The van der Waals surface area contributed by atoms with Crippen LogP contribution in [0.5, 0.6) is 0 Å². The Kier molecular flexibility index (Phi) is 6.02. The number of rotatable bonds is 5. The van der Waals surface area contributed by atoms with Gasteiger partial charge in [-0.3, -0.25) is 15.5 Å². The molecule has 25 heavy (non-hydrogen) atoms. The third-order valence-corrected chi connectivity index (χ3v) is 5.22. The number of hydroxylamine groups is 1. The Hall–Kier alpha value is -1.71. The van der Waals surface area contributed by atoms with Crippen molar-refractivity contribution < 1.29 is 27.9 Å². The van der Waals surface area contributed by atoms with Crippen molar-refractivity contribution in [2.24, 2.45) is 5.73 Å². The average molecular weight is 376 g/mol. The second-order valence-corrected chi connectivity index (χ2v) is 7.67. The molecule has 138 valence electrons. The van der Waals surface area contributed by atoms with Gasteiger partial charge in [0.1, 0.15) is 6.10 Å². The van der Waals surface area contributed by atoms with E-state index in [1.807, 2.05) is 12.4 Å². The zero-order chi connectivity index (χ0) is 18.7. The minimum atomic E-state index is -4.39. The van der Waals surface area contributed by atoms with Gasteiger partial charge in [0, 0.05) is 22.3 Å². The largest absolute Gasteiger partial charge is 0.416 e. The number of thioether (sulfide) groups is 1. The molecule has 2 rings (SSSR count). The molecule has 9 heteroatoms. The molecule has 0 aliphatic carbocycles. The third-order valence-electron chi connectivity index (χ3n) is 3.87. The fourth-order valence-electron chi connectivity index (χ4n) is 2.63. The Morgan fingerprint density at radius 1 is 1.52 bits per heavy atom. The normalized spacial score (nSPS) is 24.8. The van der Waals surface area contributed by atoms with E-state index in [2.05, 4.69) is 0 Å². The average Bonchev–Trinajstić information content (AvgIpc) is 2.51. The zero-order valence-electron chi connectivity index (χ0n) is 13.5. The second kappa shape index (κ2) is 7.67. The summed E-state index contributed by atoms with van der Waals surface area (Å²) >= 11 is 1.31. The van der Waals surface area contributed by atoms with E-state index in [1.54, 1.807) is 6.07 Å². The fourth-order valence-corrected chi connectivity index (χ4v) is 3.96. The molecule has 2 unspecified atom stereocenters. The molecule has 0 aromatic heterocycles. The van der Waals surface area contributed by atoms with Gasteiger partial charge < -0.3 is 10.5 Å². The molecule has 1 saturated heterocycles. The van der Waals surface area contributed by atoms with E-state index in [9.17, 15) is 23.2 Å². The van der Waals surface area contributed by atoms with Gasteiger partial charge in [0.2, 0.25) is 5.91 Å². The number of hydrogen-bond acceptors (Lipinski definition) is 5. The molecule has 2 atom stereocenters. The van der Waals surface area contributed by atoms with E-state index in [-0.39, 0.29) is 5.70 Å². The van der Waals surface area contributed by atoms with Gasteiger partial charge in [0.25, 0.3) is 0 Å². The Morgan fingerprint density at radius 2 is 2.24 bits per heavy atom. The van der Waals surface area contributed by atoms with Gasteiger partial charge in [-0.15, -0.1) is 11.8 Å². The van der Waals surface area contributed by atoms with Gasteiger partial charge in [0.15, 0.2) is 0 Å². The van der Waals surface area contributed by atoms with E-state index >= 15 is 0 Å². The highest BCUT2D eigenvalue weighted by Gasteiger charge is 2.37. The van der Waals surface area contributed by atoms with E-state index in [0.29, 0.717) is 24.3 Å². The first-order chi connectivity index (χ1) is 11.6. The number of nitrogens with one attached hydrogen (secondary N) is 1. The number of alkyl halides is 3. The molecular weight excluding hydrogens is 357 g/mol. The molecule has 0 radical (unpaired) electrons. The molecule has 0 bridgehead atoms. The lowest BCUT2D eigenvalue weighted by Crippen LogP contribution is -2.39. The summed E-state index contributed by atoms with van der Waals surface area (Å²) in [6.45, 7) is 2.25. The van der Waals surface area contributed by atoms with Crippen molar-refractivity contribution in [1.82, 2.24) is 5.48 Å². The van der Waals surface area contributed by atoms with Crippen molar-refractivity contribution >= 4 is 17.7 Å². The standard InChI is InChI=1S/C16H19F3N2O3S/c1-15(25-11-4-2-3-10(7-11)16(17,18)19)5-6-24-13(9-15)12(21-23)8-14(20)22/h2-4,7-8,13,21,23H,5-6,9H2,1H3,(H2,20,22)/b12-8-.